The van der Waals surface area contributed by atoms with Crippen molar-refractivity contribution in [1.29, 1.82) is 0 Å². The lowest BCUT2D eigenvalue weighted by atomic mass is 9.70. The van der Waals surface area contributed by atoms with Gasteiger partial charge in [0.25, 0.3) is 11.8 Å². The third-order valence-corrected chi connectivity index (χ3v) is 15.2. The van der Waals surface area contributed by atoms with Gasteiger partial charge in [0.15, 0.2) is 23.3 Å². The average molecular weight is 969 g/mol. The summed E-state index contributed by atoms with van der Waals surface area (Å²) in [7, 11) is 0. The second-order valence-electron chi connectivity index (χ2n) is 20.8. The van der Waals surface area contributed by atoms with Crippen molar-refractivity contribution in [2.75, 3.05) is 26.4 Å². The van der Waals surface area contributed by atoms with E-state index in [1.54, 1.807) is 26.8 Å². The van der Waals surface area contributed by atoms with Gasteiger partial charge in [0, 0.05) is 28.7 Å². The molecule has 1 aromatic heterocycles. The fourth-order valence-electron chi connectivity index (χ4n) is 9.56. The molecule has 5 unspecified atom stereocenters. The van der Waals surface area contributed by atoms with E-state index < -0.39 is 85.6 Å². The quantitative estimate of drug-likeness (QED) is 0.0370. The highest BCUT2D eigenvalue weighted by molar-refractivity contribution is 5.62. The van der Waals surface area contributed by atoms with Gasteiger partial charge in [-0.15, -0.1) is 10.2 Å². The minimum atomic E-state index is -1.96. The summed E-state index contributed by atoms with van der Waals surface area (Å²) in [6.45, 7) is 17.8. The molecule has 4 saturated heterocycles. The molecule has 4 aliphatic heterocycles. The van der Waals surface area contributed by atoms with Crippen molar-refractivity contribution in [3.05, 3.63) is 105 Å². The highest BCUT2D eigenvalue weighted by Crippen LogP contribution is 2.51. The zero-order valence-electron chi connectivity index (χ0n) is 40.2. The molecule has 4 aromatic rings. The number of nitrogens with zero attached hydrogens (tertiary/aromatic N) is 2. The first-order chi connectivity index (χ1) is 32.7. The Labute approximate surface area is 397 Å². The van der Waals surface area contributed by atoms with Crippen LogP contribution < -0.4 is 9.47 Å². The first-order valence-corrected chi connectivity index (χ1v) is 24.0. The fourth-order valence-corrected chi connectivity index (χ4v) is 9.56. The van der Waals surface area contributed by atoms with Gasteiger partial charge in [-0.25, -0.2) is 22.0 Å². The Kier molecular flexibility index (Phi) is 13.2. The molecule has 5 heterocycles. The predicted octanol–water partition coefficient (Wildman–Crippen LogP) is 12.8. The van der Waals surface area contributed by atoms with Crippen LogP contribution in [0.15, 0.2) is 52.2 Å². The van der Waals surface area contributed by atoms with Crippen LogP contribution >= 0.6 is 0 Å². The third kappa shape index (κ3) is 9.97. The van der Waals surface area contributed by atoms with Gasteiger partial charge >= 0.3 is 0 Å². The first-order valence-electron chi connectivity index (χ1n) is 24.0. The molecular weight excluding hydrogens is 910 g/mol. The Morgan fingerprint density at radius 3 is 1.81 bits per heavy atom. The average Bonchev–Trinajstić information content (AvgIpc) is 4.07. The van der Waals surface area contributed by atoms with Crippen LogP contribution in [0, 0.1) is 46.1 Å². The molecule has 372 valence electrons. The number of hydrogen-bond acceptors (Lipinski definition) is 9. The van der Waals surface area contributed by atoms with Crippen LogP contribution in [-0.4, -0.2) is 66.6 Å². The number of epoxide rings is 4. The van der Waals surface area contributed by atoms with Crippen molar-refractivity contribution in [3.63, 3.8) is 0 Å². The van der Waals surface area contributed by atoms with E-state index in [2.05, 4.69) is 63.0 Å². The lowest BCUT2D eigenvalue weighted by Crippen LogP contribution is -2.31. The summed E-state index contributed by atoms with van der Waals surface area (Å²) in [5.74, 6) is -14.7. The van der Waals surface area contributed by atoms with Crippen molar-refractivity contribution in [2.45, 2.75) is 154 Å². The molecule has 0 radical (unpaired) electrons. The summed E-state index contributed by atoms with van der Waals surface area (Å²) >= 11 is 0. The van der Waals surface area contributed by atoms with Crippen molar-refractivity contribution in [1.82, 2.24) is 10.2 Å². The van der Waals surface area contributed by atoms with Crippen LogP contribution in [0.25, 0.3) is 22.9 Å². The topological polar surface area (TPSA) is 108 Å². The first kappa shape index (κ1) is 49.2. The van der Waals surface area contributed by atoms with Crippen LogP contribution in [0.3, 0.4) is 0 Å². The predicted molar refractivity (Wildman–Crippen MR) is 241 cm³/mol. The SMILES string of the molecule is CCC(C)(CC)Oc1ccc(C(C)(C)C2=CC(CC3CO3)(CC3CO3)C=C(Oc3c(F)c(F)c(-c4nnc(-c5c(F)cc(C(C)(C)CC)c(F)c5F)o4)c(F)c3F)CC2)cc1C(CC1CO1)C1CO1. The van der Waals surface area contributed by atoms with Gasteiger partial charge in [0.05, 0.1) is 50.8 Å². The Balaban J connectivity index is 1.05. The largest absolute Gasteiger partial charge is 0.487 e. The number of ether oxygens (including phenoxy) is 6. The maximum atomic E-state index is 16.2. The van der Waals surface area contributed by atoms with Crippen molar-refractivity contribution >= 4 is 0 Å². The number of aromatic nitrogens is 2. The van der Waals surface area contributed by atoms with Crippen LogP contribution in [0.2, 0.25) is 0 Å². The van der Waals surface area contributed by atoms with Gasteiger partial charge in [0.2, 0.25) is 17.4 Å². The molecule has 69 heavy (non-hydrogen) atoms. The Morgan fingerprint density at radius 2 is 1.26 bits per heavy atom. The van der Waals surface area contributed by atoms with E-state index >= 15 is 30.7 Å². The molecule has 0 bridgehead atoms. The molecule has 5 aliphatic rings. The van der Waals surface area contributed by atoms with Crippen LogP contribution in [0.1, 0.15) is 129 Å². The monoisotopic (exact) mass is 968 g/mol. The van der Waals surface area contributed by atoms with Gasteiger partial charge in [-0.3, -0.25) is 0 Å². The van der Waals surface area contributed by atoms with Crippen molar-refractivity contribution < 1.29 is 63.6 Å². The summed E-state index contributed by atoms with van der Waals surface area (Å²) in [5.41, 5.74) is -2.59. The fraction of sp³-hybridized carbons (Fsp3) is 0.547. The van der Waals surface area contributed by atoms with E-state index in [0.717, 1.165) is 47.8 Å². The lowest BCUT2D eigenvalue weighted by molar-refractivity contribution is 0.0781. The molecular formula is C53H59F7N2O7. The van der Waals surface area contributed by atoms with Gasteiger partial charge < -0.3 is 32.8 Å². The summed E-state index contributed by atoms with van der Waals surface area (Å²) < 4.78 is 152. The summed E-state index contributed by atoms with van der Waals surface area (Å²) in [4.78, 5) is 0. The standard InChI is InChI=1S/C53H59F7N2O7/c1-9-50(4,5)35-18-36(54)39(42(56)41(35)55)48-61-62-49(68-48)40-43(57)45(59)47(46(60)44(40)58)67-29-14-12-28(19-53(20-29,21-31-24-64-31)22-32-25-65-32)51(6,7)27-13-15-37(69-52(8,10-2)11-3)33(16-27)34(38-26-66-38)17-30-23-63-30/h13,15-16,18-20,30-32,34,38H,9-12,14,17,21-26H2,1-8H3. The lowest BCUT2D eigenvalue weighted by Gasteiger charge is -2.35. The van der Waals surface area contributed by atoms with Crippen molar-refractivity contribution in [3.8, 4) is 34.4 Å². The highest BCUT2D eigenvalue weighted by Gasteiger charge is 2.45. The Bertz CT molecular complexity index is 2630. The van der Waals surface area contributed by atoms with Gasteiger partial charge in [-0.1, -0.05) is 72.2 Å². The molecule has 3 aromatic carbocycles. The Morgan fingerprint density at radius 1 is 0.681 bits per heavy atom. The van der Waals surface area contributed by atoms with E-state index in [1.807, 2.05) is 6.07 Å². The second-order valence-corrected chi connectivity index (χ2v) is 20.8. The van der Waals surface area contributed by atoms with E-state index in [4.69, 9.17) is 32.8 Å². The summed E-state index contributed by atoms with van der Waals surface area (Å²) in [5, 5.41) is 6.91. The molecule has 0 saturated carbocycles. The number of allylic oxidation sites excluding steroid dienone is 4. The number of halogens is 7. The Hall–Kier alpha value is -4.77. The van der Waals surface area contributed by atoms with E-state index in [9.17, 15) is 0 Å². The molecule has 0 N–H and O–H groups in total. The molecule has 16 heteroatoms. The van der Waals surface area contributed by atoms with E-state index in [1.165, 1.54) is 0 Å². The van der Waals surface area contributed by atoms with Crippen LogP contribution in [0.4, 0.5) is 30.7 Å². The van der Waals surface area contributed by atoms with Gasteiger partial charge in [-0.05, 0) is 86.6 Å². The molecule has 0 spiro atoms. The number of rotatable bonds is 20. The van der Waals surface area contributed by atoms with Crippen molar-refractivity contribution in [2.24, 2.45) is 5.41 Å². The minimum Gasteiger partial charge on any atom is -0.487 e. The number of benzene rings is 3. The molecule has 9 nitrogen and oxygen atoms in total. The van der Waals surface area contributed by atoms with Crippen LogP contribution in [0.5, 0.6) is 11.5 Å². The third-order valence-electron chi connectivity index (χ3n) is 15.2. The zero-order chi connectivity index (χ0) is 49.4. The van der Waals surface area contributed by atoms with E-state index in [0.29, 0.717) is 52.1 Å². The second kappa shape index (κ2) is 18.4. The van der Waals surface area contributed by atoms with Gasteiger partial charge in [0.1, 0.15) is 34.1 Å². The molecule has 0 amide bonds. The van der Waals surface area contributed by atoms with Gasteiger partial charge in [-0.2, -0.15) is 8.78 Å². The summed E-state index contributed by atoms with van der Waals surface area (Å²) in [6.07, 6.45) is 7.99. The van der Waals surface area contributed by atoms with E-state index in [-0.39, 0.29) is 53.7 Å². The highest BCUT2D eigenvalue weighted by atomic mass is 19.2. The zero-order valence-corrected chi connectivity index (χ0v) is 40.2. The normalized spacial score (nSPS) is 23.8. The van der Waals surface area contributed by atoms with Crippen LogP contribution in [-0.2, 0) is 29.8 Å². The molecule has 9 rings (SSSR count). The molecule has 5 atom stereocenters. The summed E-state index contributed by atoms with van der Waals surface area (Å²) in [6, 6.07) is 7.10. The smallest absolute Gasteiger partial charge is 0.254 e. The maximum absolute atomic E-state index is 16.2. The molecule has 1 aliphatic carbocycles. The minimum absolute atomic E-state index is 0.0329. The maximum Gasteiger partial charge on any atom is 0.254 e. The number of hydrogen-bond donors (Lipinski definition) is 0. The molecule has 4 fully saturated rings.